The third kappa shape index (κ3) is 2.01. The molecule has 3 rings (SSSR count). The maximum absolute atomic E-state index is 12.8. The molecule has 112 valence electrons. The summed E-state index contributed by atoms with van der Waals surface area (Å²) in [4.78, 5) is 2.18. The average molecular weight is 289 g/mol. The molecule has 2 N–H and O–H groups in total. The molecule has 1 aliphatic heterocycles. The molecule has 0 unspecified atom stereocenters. The van der Waals surface area contributed by atoms with Crippen LogP contribution in [-0.4, -0.2) is 38.3 Å². The molecule has 20 heavy (non-hydrogen) atoms. The molecule has 0 saturated heterocycles. The number of nitrogens with two attached hydrogens (primary N) is 1. The van der Waals surface area contributed by atoms with Gasteiger partial charge < -0.3 is 10.3 Å². The first-order chi connectivity index (χ1) is 9.36. The molecule has 0 radical (unpaired) electrons. The molecule has 0 bridgehead atoms. The van der Waals surface area contributed by atoms with Crippen LogP contribution in [0.1, 0.15) is 31.4 Å². The summed E-state index contributed by atoms with van der Waals surface area (Å²) in [5.74, 6) is 0.121. The van der Waals surface area contributed by atoms with Crippen molar-refractivity contribution in [1.82, 2.24) is 19.7 Å². The average Bonchev–Trinajstić information content (AvgIpc) is 2.77. The van der Waals surface area contributed by atoms with Crippen LogP contribution in [-0.2, 0) is 19.3 Å². The van der Waals surface area contributed by atoms with Crippen molar-refractivity contribution in [1.29, 1.82) is 0 Å². The molecule has 1 fully saturated rings. The second kappa shape index (κ2) is 4.42. The van der Waals surface area contributed by atoms with Gasteiger partial charge in [-0.2, -0.15) is 13.2 Å². The number of nitrogens with zero attached hydrogens (tertiary/aromatic N) is 4. The van der Waals surface area contributed by atoms with Crippen molar-refractivity contribution in [3.8, 4) is 0 Å². The van der Waals surface area contributed by atoms with Crippen LogP contribution in [0.5, 0.6) is 0 Å². The molecule has 0 atom stereocenters. The smallest absolute Gasteiger partial charge is 0.329 e. The fraction of sp³-hybridized carbons (Fsp3) is 0.833. The van der Waals surface area contributed by atoms with E-state index in [1.54, 1.807) is 0 Å². The van der Waals surface area contributed by atoms with E-state index in [1.807, 2.05) is 0 Å². The van der Waals surface area contributed by atoms with Gasteiger partial charge in [0.15, 0.2) is 0 Å². The fourth-order valence-electron chi connectivity index (χ4n) is 3.56. The lowest BCUT2D eigenvalue weighted by Gasteiger charge is -2.54. The minimum absolute atomic E-state index is 0.0605. The predicted octanol–water partition coefficient (Wildman–Crippen LogP) is 1.24. The van der Waals surface area contributed by atoms with Crippen molar-refractivity contribution >= 4 is 0 Å². The molecular weight excluding hydrogens is 271 g/mol. The predicted molar refractivity (Wildman–Crippen MR) is 65.6 cm³/mol. The molecule has 1 aromatic heterocycles. The van der Waals surface area contributed by atoms with E-state index in [2.05, 4.69) is 22.0 Å². The van der Waals surface area contributed by atoms with Crippen LogP contribution < -0.4 is 5.73 Å². The molecular formula is C12H18F3N5. The Morgan fingerprint density at radius 2 is 2.00 bits per heavy atom. The van der Waals surface area contributed by atoms with Crippen molar-refractivity contribution < 1.29 is 13.2 Å². The minimum Gasteiger partial charge on any atom is -0.329 e. The van der Waals surface area contributed by atoms with E-state index in [1.165, 1.54) is 4.57 Å². The van der Waals surface area contributed by atoms with Gasteiger partial charge in [0.25, 0.3) is 0 Å². The standard InChI is InChI=1S/C12H18F3N5/c1-8-4-11(5-8,7-16)19-2-3-20-9(6-19)17-18-10(20)12(13,14)15/h8H,2-7,16H2,1H3. The van der Waals surface area contributed by atoms with E-state index in [-0.39, 0.29) is 12.1 Å². The van der Waals surface area contributed by atoms with Gasteiger partial charge in [-0.3, -0.25) is 4.90 Å². The summed E-state index contributed by atoms with van der Waals surface area (Å²) in [6.45, 7) is 3.94. The number of alkyl halides is 3. The van der Waals surface area contributed by atoms with E-state index in [0.717, 1.165) is 12.8 Å². The second-order valence-corrected chi connectivity index (χ2v) is 5.95. The number of halogens is 3. The number of fused-ring (bicyclic) bond motifs is 1. The summed E-state index contributed by atoms with van der Waals surface area (Å²) in [6.07, 6.45) is -2.43. The molecule has 2 aliphatic rings. The Kier molecular flexibility index (Phi) is 3.06. The summed E-state index contributed by atoms with van der Waals surface area (Å²) in [6, 6.07) is 0. The Morgan fingerprint density at radius 3 is 2.55 bits per heavy atom. The van der Waals surface area contributed by atoms with E-state index < -0.39 is 12.0 Å². The van der Waals surface area contributed by atoms with Gasteiger partial charge in [-0.1, -0.05) is 6.92 Å². The van der Waals surface area contributed by atoms with Gasteiger partial charge in [-0.05, 0) is 18.8 Å². The van der Waals surface area contributed by atoms with Gasteiger partial charge in [0.2, 0.25) is 5.82 Å². The molecule has 2 heterocycles. The summed E-state index contributed by atoms with van der Waals surface area (Å²) in [7, 11) is 0. The van der Waals surface area contributed by atoms with Gasteiger partial charge >= 0.3 is 6.18 Å². The van der Waals surface area contributed by atoms with E-state index in [0.29, 0.717) is 31.4 Å². The zero-order valence-electron chi connectivity index (χ0n) is 11.3. The largest absolute Gasteiger partial charge is 0.451 e. The Bertz CT molecular complexity index is 504. The molecule has 1 aromatic rings. The highest BCUT2D eigenvalue weighted by atomic mass is 19.4. The van der Waals surface area contributed by atoms with Crippen molar-refractivity contribution in [3.05, 3.63) is 11.6 Å². The van der Waals surface area contributed by atoms with Crippen LogP contribution in [0.25, 0.3) is 0 Å². The molecule has 1 saturated carbocycles. The third-order valence-corrected chi connectivity index (χ3v) is 4.51. The minimum atomic E-state index is -4.44. The fourth-order valence-corrected chi connectivity index (χ4v) is 3.56. The summed E-state index contributed by atoms with van der Waals surface area (Å²) in [5, 5.41) is 7.01. The van der Waals surface area contributed by atoms with Gasteiger partial charge in [0, 0.05) is 25.2 Å². The Labute approximate surface area is 114 Å². The molecule has 0 spiro atoms. The normalized spacial score (nSPS) is 30.9. The van der Waals surface area contributed by atoms with Gasteiger partial charge in [0.1, 0.15) is 5.82 Å². The van der Waals surface area contributed by atoms with E-state index in [9.17, 15) is 13.2 Å². The first-order valence-electron chi connectivity index (χ1n) is 6.80. The maximum atomic E-state index is 12.8. The molecule has 5 nitrogen and oxygen atoms in total. The highest BCUT2D eigenvalue weighted by Gasteiger charge is 2.47. The van der Waals surface area contributed by atoms with E-state index in [4.69, 9.17) is 5.73 Å². The Morgan fingerprint density at radius 1 is 1.30 bits per heavy atom. The van der Waals surface area contributed by atoms with Crippen molar-refractivity contribution in [2.24, 2.45) is 11.7 Å². The zero-order valence-corrected chi connectivity index (χ0v) is 11.3. The van der Waals surface area contributed by atoms with Gasteiger partial charge in [0.05, 0.1) is 6.54 Å². The van der Waals surface area contributed by atoms with Crippen LogP contribution in [0.4, 0.5) is 13.2 Å². The lowest BCUT2D eigenvalue weighted by molar-refractivity contribution is -0.148. The quantitative estimate of drug-likeness (QED) is 0.890. The topological polar surface area (TPSA) is 60.0 Å². The maximum Gasteiger partial charge on any atom is 0.451 e. The molecule has 8 heteroatoms. The van der Waals surface area contributed by atoms with E-state index >= 15 is 0 Å². The van der Waals surface area contributed by atoms with Crippen LogP contribution >= 0.6 is 0 Å². The Hall–Kier alpha value is -1.15. The summed E-state index contributed by atoms with van der Waals surface area (Å²) in [5.41, 5.74) is 5.83. The van der Waals surface area contributed by atoms with Crippen molar-refractivity contribution in [2.45, 2.75) is 44.6 Å². The number of rotatable bonds is 2. The van der Waals surface area contributed by atoms with Crippen LogP contribution in [0.3, 0.4) is 0 Å². The van der Waals surface area contributed by atoms with Gasteiger partial charge in [-0.25, -0.2) is 0 Å². The first kappa shape index (κ1) is 13.8. The number of aromatic nitrogens is 3. The SMILES string of the molecule is CC1CC(CN)(N2CCn3c(nnc3C(F)(F)F)C2)C1. The molecule has 1 aliphatic carbocycles. The van der Waals surface area contributed by atoms with Gasteiger partial charge in [-0.15, -0.1) is 10.2 Å². The molecule has 0 aromatic carbocycles. The summed E-state index contributed by atoms with van der Waals surface area (Å²) < 4.78 is 39.5. The lowest BCUT2D eigenvalue weighted by atomic mass is 9.68. The van der Waals surface area contributed by atoms with Crippen molar-refractivity contribution in [3.63, 3.8) is 0 Å². The second-order valence-electron chi connectivity index (χ2n) is 5.95. The number of hydrogen-bond acceptors (Lipinski definition) is 4. The highest BCUT2D eigenvalue weighted by molar-refractivity contribution is 5.08. The Balaban J connectivity index is 1.82. The first-order valence-corrected chi connectivity index (χ1v) is 6.80. The summed E-state index contributed by atoms with van der Waals surface area (Å²) >= 11 is 0. The van der Waals surface area contributed by atoms with Crippen LogP contribution in [0, 0.1) is 5.92 Å². The lowest BCUT2D eigenvalue weighted by Crippen LogP contribution is -2.62. The monoisotopic (exact) mass is 289 g/mol. The molecule has 0 amide bonds. The highest BCUT2D eigenvalue weighted by Crippen LogP contribution is 2.43. The van der Waals surface area contributed by atoms with Crippen LogP contribution in [0.15, 0.2) is 0 Å². The van der Waals surface area contributed by atoms with Crippen molar-refractivity contribution in [2.75, 3.05) is 13.1 Å². The van der Waals surface area contributed by atoms with Crippen LogP contribution in [0.2, 0.25) is 0 Å². The number of hydrogen-bond donors (Lipinski definition) is 1. The third-order valence-electron chi connectivity index (χ3n) is 4.51. The zero-order chi connectivity index (χ0) is 14.5.